The number of nitrogen functional groups attached to an aromatic ring is 1. The molecule has 4 N–H and O–H groups in total. The van der Waals surface area contributed by atoms with Crippen molar-refractivity contribution in [3.8, 4) is 0 Å². The monoisotopic (exact) mass is 260 g/mol. The van der Waals surface area contributed by atoms with Crippen LogP contribution in [0.25, 0.3) is 0 Å². The van der Waals surface area contributed by atoms with Crippen molar-refractivity contribution in [2.24, 2.45) is 0 Å². The number of rotatable bonds is 5. The maximum atomic E-state index is 11.5. The van der Waals surface area contributed by atoms with Gasteiger partial charge in [-0.2, -0.15) is 0 Å². The first-order valence-electron chi connectivity index (χ1n) is 4.95. The topological polar surface area (TPSA) is 108 Å². The molecule has 1 amide bonds. The summed E-state index contributed by atoms with van der Waals surface area (Å²) in [7, 11) is -0.393. The molecule has 17 heavy (non-hydrogen) atoms. The van der Waals surface area contributed by atoms with Crippen LogP contribution in [0.3, 0.4) is 0 Å². The third-order valence-electron chi connectivity index (χ3n) is 2.15. The molecule has 0 aromatic carbocycles. The summed E-state index contributed by atoms with van der Waals surface area (Å²) in [6, 6.07) is 1.48. The van der Waals surface area contributed by atoms with E-state index in [0.29, 0.717) is 11.4 Å². The second kappa shape index (κ2) is 5.19. The largest absolute Gasteiger partial charge is 0.397 e. The molecule has 0 radical (unpaired) electrons. The van der Waals surface area contributed by atoms with Gasteiger partial charge in [-0.15, -0.1) is 0 Å². The number of nitrogens with two attached hydrogens (primary N) is 1. The minimum absolute atomic E-state index is 0.0538. The number of anilines is 1. The molecule has 1 aromatic rings. The summed E-state index contributed by atoms with van der Waals surface area (Å²) in [5.74, 6) is -0.516. The Bertz CT molecular complexity index is 492. The smallest absolute Gasteiger partial charge is 0.267 e. The Kier molecular flexibility index (Phi) is 4.13. The van der Waals surface area contributed by atoms with Crippen molar-refractivity contribution in [3.63, 3.8) is 0 Å². The van der Waals surface area contributed by atoms with Gasteiger partial charge in [0.05, 0.1) is 5.75 Å². The Morgan fingerprint density at radius 3 is 2.65 bits per heavy atom. The van der Waals surface area contributed by atoms with E-state index in [2.05, 4.69) is 10.3 Å². The lowest BCUT2D eigenvalue weighted by Crippen LogP contribution is -2.34. The average Bonchev–Trinajstić information content (AvgIpc) is 2.64. The Hall–Kier alpha value is -1.54. The summed E-state index contributed by atoms with van der Waals surface area (Å²) in [5, 5.41) is 2.49. The number of nitrogens with zero attached hydrogens (tertiary/aromatic N) is 1. The van der Waals surface area contributed by atoms with Crippen molar-refractivity contribution in [2.45, 2.75) is 0 Å². The highest BCUT2D eigenvalue weighted by Gasteiger charge is 2.14. The van der Waals surface area contributed by atoms with Gasteiger partial charge >= 0.3 is 0 Å². The third-order valence-corrected chi connectivity index (χ3v) is 3.98. The first kappa shape index (κ1) is 13.5. The molecular formula is C9H16N4O3S. The zero-order valence-electron chi connectivity index (χ0n) is 9.73. The third kappa shape index (κ3) is 3.75. The number of H-pyrrole nitrogens is 1. The van der Waals surface area contributed by atoms with Crippen LogP contribution in [-0.4, -0.2) is 50.0 Å². The molecule has 1 aromatic heterocycles. The molecule has 0 aliphatic rings. The summed E-state index contributed by atoms with van der Waals surface area (Å²) in [5.41, 5.74) is 6.20. The number of hydrogen-bond donors (Lipinski definition) is 3. The van der Waals surface area contributed by atoms with E-state index >= 15 is 0 Å². The summed E-state index contributed by atoms with van der Waals surface area (Å²) in [6.45, 7) is 0.0538. The molecule has 1 rings (SSSR count). The van der Waals surface area contributed by atoms with Crippen LogP contribution < -0.4 is 11.1 Å². The molecule has 0 saturated carbocycles. The first-order valence-corrected chi connectivity index (χ1v) is 6.56. The van der Waals surface area contributed by atoms with E-state index < -0.39 is 10.0 Å². The molecule has 0 spiro atoms. The van der Waals surface area contributed by atoms with E-state index in [4.69, 9.17) is 5.73 Å². The van der Waals surface area contributed by atoms with Crippen LogP contribution in [0.15, 0.2) is 12.3 Å². The van der Waals surface area contributed by atoms with Gasteiger partial charge in [0.25, 0.3) is 5.91 Å². The fourth-order valence-electron chi connectivity index (χ4n) is 1.11. The Balaban J connectivity index is 2.45. The predicted molar refractivity (Wildman–Crippen MR) is 65.0 cm³/mol. The average molecular weight is 260 g/mol. The standard InChI is InChI=1S/C9H16N4O3S/c1-13(2)17(15,16)4-3-11-9(14)8-5-7(10)6-12-8/h5-6,12H,3-4,10H2,1-2H3,(H,11,14). The van der Waals surface area contributed by atoms with E-state index in [1.807, 2.05) is 0 Å². The lowest BCUT2D eigenvalue weighted by atomic mass is 10.4. The number of sulfonamides is 1. The lowest BCUT2D eigenvalue weighted by Gasteiger charge is -2.11. The van der Waals surface area contributed by atoms with Crippen molar-refractivity contribution in [1.82, 2.24) is 14.6 Å². The van der Waals surface area contributed by atoms with Gasteiger partial charge in [0.2, 0.25) is 10.0 Å². The number of amides is 1. The molecule has 0 atom stereocenters. The summed E-state index contributed by atoms with van der Waals surface area (Å²) in [4.78, 5) is 14.2. The summed E-state index contributed by atoms with van der Waals surface area (Å²) < 4.78 is 23.9. The van der Waals surface area contributed by atoms with E-state index in [9.17, 15) is 13.2 Å². The molecule has 0 bridgehead atoms. The SMILES string of the molecule is CN(C)S(=O)(=O)CCNC(=O)c1cc(N)c[nH]1. The molecule has 8 heteroatoms. The zero-order chi connectivity index (χ0) is 13.1. The molecule has 0 saturated heterocycles. The van der Waals surface area contributed by atoms with Gasteiger partial charge in [0.15, 0.2) is 0 Å². The molecule has 0 unspecified atom stereocenters. The van der Waals surface area contributed by atoms with Crippen LogP contribution in [0.4, 0.5) is 5.69 Å². The van der Waals surface area contributed by atoms with Gasteiger partial charge in [0, 0.05) is 32.5 Å². The van der Waals surface area contributed by atoms with E-state index in [1.54, 1.807) is 0 Å². The maximum absolute atomic E-state index is 11.5. The van der Waals surface area contributed by atoms with Crippen LogP contribution >= 0.6 is 0 Å². The maximum Gasteiger partial charge on any atom is 0.267 e. The lowest BCUT2D eigenvalue weighted by molar-refractivity contribution is 0.0951. The van der Waals surface area contributed by atoms with Crippen LogP contribution in [0.1, 0.15) is 10.5 Å². The van der Waals surface area contributed by atoms with Gasteiger partial charge in [-0.3, -0.25) is 4.79 Å². The Morgan fingerprint density at radius 1 is 1.53 bits per heavy atom. The molecule has 0 aliphatic carbocycles. The van der Waals surface area contributed by atoms with E-state index in [0.717, 1.165) is 4.31 Å². The normalized spacial score (nSPS) is 11.7. The Labute approximate surface area is 100 Å². The number of carbonyl (C=O) groups excluding carboxylic acids is 1. The number of carbonyl (C=O) groups is 1. The molecule has 96 valence electrons. The first-order chi connectivity index (χ1) is 7.83. The van der Waals surface area contributed by atoms with Gasteiger partial charge in [-0.05, 0) is 6.07 Å². The number of hydrogen-bond acceptors (Lipinski definition) is 4. The molecule has 0 aliphatic heterocycles. The van der Waals surface area contributed by atoms with Crippen LogP contribution in [0.5, 0.6) is 0 Å². The fraction of sp³-hybridized carbons (Fsp3) is 0.444. The van der Waals surface area contributed by atoms with Gasteiger partial charge < -0.3 is 16.0 Å². The minimum atomic E-state index is -3.29. The van der Waals surface area contributed by atoms with Crippen molar-refractivity contribution in [3.05, 3.63) is 18.0 Å². The second-order valence-corrected chi connectivity index (χ2v) is 6.00. The zero-order valence-corrected chi connectivity index (χ0v) is 10.5. The van der Waals surface area contributed by atoms with E-state index in [-0.39, 0.29) is 18.2 Å². The van der Waals surface area contributed by atoms with Crippen LogP contribution in [0, 0.1) is 0 Å². The van der Waals surface area contributed by atoms with Crippen LogP contribution in [-0.2, 0) is 10.0 Å². The van der Waals surface area contributed by atoms with Crippen molar-refractivity contribution < 1.29 is 13.2 Å². The molecule has 7 nitrogen and oxygen atoms in total. The quantitative estimate of drug-likeness (QED) is 0.645. The van der Waals surface area contributed by atoms with Crippen molar-refractivity contribution in [1.29, 1.82) is 0 Å². The van der Waals surface area contributed by atoms with Crippen molar-refractivity contribution in [2.75, 3.05) is 32.1 Å². The van der Waals surface area contributed by atoms with Crippen molar-refractivity contribution >= 4 is 21.6 Å². The summed E-state index contributed by atoms with van der Waals surface area (Å²) in [6.07, 6.45) is 1.49. The molecular weight excluding hydrogens is 244 g/mol. The highest BCUT2D eigenvalue weighted by molar-refractivity contribution is 7.89. The minimum Gasteiger partial charge on any atom is -0.397 e. The van der Waals surface area contributed by atoms with Gasteiger partial charge in [0.1, 0.15) is 5.69 Å². The Morgan fingerprint density at radius 2 is 2.18 bits per heavy atom. The van der Waals surface area contributed by atoms with Gasteiger partial charge in [-0.25, -0.2) is 12.7 Å². The highest BCUT2D eigenvalue weighted by Crippen LogP contribution is 2.03. The van der Waals surface area contributed by atoms with Crippen LogP contribution in [0.2, 0.25) is 0 Å². The van der Waals surface area contributed by atoms with Gasteiger partial charge in [-0.1, -0.05) is 0 Å². The molecule has 0 fully saturated rings. The second-order valence-electron chi connectivity index (χ2n) is 3.70. The van der Waals surface area contributed by atoms with E-state index in [1.165, 1.54) is 26.4 Å². The summed E-state index contributed by atoms with van der Waals surface area (Å²) >= 11 is 0. The number of aromatic nitrogens is 1. The predicted octanol–water partition coefficient (Wildman–Crippen LogP) is -0.782. The number of nitrogens with one attached hydrogen (secondary N) is 2. The highest BCUT2D eigenvalue weighted by atomic mass is 32.2. The number of aromatic amines is 1. The molecule has 1 heterocycles. The fourth-order valence-corrected chi connectivity index (χ4v) is 1.84.